The quantitative estimate of drug-likeness (QED) is 0.0709. The molecule has 2 unspecified atom stereocenters. The third-order valence-electron chi connectivity index (χ3n) is 6.72. The van der Waals surface area contributed by atoms with Gasteiger partial charge < -0.3 is 24.9 Å². The van der Waals surface area contributed by atoms with Gasteiger partial charge in [-0.25, -0.2) is 14.4 Å². The number of esters is 1. The lowest BCUT2D eigenvalue weighted by Gasteiger charge is -2.42. The molecule has 1 aliphatic rings. The fourth-order valence-corrected chi connectivity index (χ4v) is 4.47. The van der Waals surface area contributed by atoms with Crippen LogP contribution in [0.2, 0.25) is 0 Å². The number of rotatable bonds is 10. The fourth-order valence-electron chi connectivity index (χ4n) is 4.47. The molecule has 2 atom stereocenters. The lowest BCUT2D eigenvalue weighted by atomic mass is 9.97. The molecule has 0 spiro atoms. The number of oxime groups is 1. The molecule has 0 aliphatic carbocycles. The number of hydrogen-bond acceptors (Lipinski definition) is 8. The van der Waals surface area contributed by atoms with Gasteiger partial charge >= 0.3 is 17.9 Å². The van der Waals surface area contributed by atoms with E-state index in [0.29, 0.717) is 11.1 Å². The van der Waals surface area contributed by atoms with Crippen LogP contribution in [-0.4, -0.2) is 58.0 Å². The lowest BCUT2D eigenvalue weighted by Crippen LogP contribution is -2.66. The first-order valence-electron chi connectivity index (χ1n) is 13.4. The van der Waals surface area contributed by atoms with Gasteiger partial charge in [0.2, 0.25) is 5.91 Å². The molecule has 11 nitrogen and oxygen atoms in total. The van der Waals surface area contributed by atoms with Crippen molar-refractivity contribution in [2.75, 3.05) is 6.54 Å². The number of carboxylic acids is 1. The van der Waals surface area contributed by atoms with E-state index in [0.717, 1.165) is 4.90 Å². The average Bonchev–Trinajstić information content (AvgIpc) is 3.05. The van der Waals surface area contributed by atoms with Crippen molar-refractivity contribution in [1.82, 2.24) is 10.2 Å². The summed E-state index contributed by atoms with van der Waals surface area (Å²) in [6.45, 7) is -0.0991. The zero-order valence-electron chi connectivity index (χ0n) is 23.0. The predicted molar refractivity (Wildman–Crippen MR) is 157 cm³/mol. The van der Waals surface area contributed by atoms with Gasteiger partial charge in [0.15, 0.2) is 11.8 Å². The monoisotopic (exact) mass is 591 g/mol. The largest absolute Gasteiger partial charge is 0.479 e. The molecular weight excluding hydrogens is 566 g/mol. The normalized spacial score (nSPS) is 15.0. The van der Waals surface area contributed by atoms with Crippen molar-refractivity contribution in [3.8, 4) is 5.75 Å². The van der Waals surface area contributed by atoms with Crippen LogP contribution in [0.3, 0.4) is 0 Å². The van der Waals surface area contributed by atoms with Crippen LogP contribution in [0.5, 0.6) is 5.75 Å². The van der Waals surface area contributed by atoms with Crippen molar-refractivity contribution in [2.24, 2.45) is 5.16 Å². The second-order valence-electron chi connectivity index (χ2n) is 9.63. The number of amides is 2. The summed E-state index contributed by atoms with van der Waals surface area (Å²) in [5, 5.41) is 16.3. The summed E-state index contributed by atoms with van der Waals surface area (Å²) < 4.78 is 5.34. The van der Waals surface area contributed by atoms with Crippen LogP contribution >= 0.6 is 0 Å². The summed E-state index contributed by atoms with van der Waals surface area (Å²) in [6, 6.07) is 28.1. The second-order valence-corrected chi connectivity index (χ2v) is 9.63. The Labute approximate surface area is 251 Å². The van der Waals surface area contributed by atoms with Crippen LogP contribution in [-0.2, 0) is 19.2 Å². The van der Waals surface area contributed by atoms with Gasteiger partial charge in [-0.15, -0.1) is 0 Å². The molecule has 220 valence electrons. The summed E-state index contributed by atoms with van der Waals surface area (Å²) in [4.78, 5) is 69.3. The first-order chi connectivity index (χ1) is 21.3. The number of benzene rings is 4. The molecule has 0 saturated carbocycles. The number of nitrogens with one attached hydrogen (secondary N) is 1. The van der Waals surface area contributed by atoms with Gasteiger partial charge in [-0.2, -0.15) is 0 Å². The van der Waals surface area contributed by atoms with E-state index in [1.54, 1.807) is 78.9 Å². The van der Waals surface area contributed by atoms with Crippen molar-refractivity contribution in [2.45, 2.75) is 12.1 Å². The Morgan fingerprint density at radius 1 is 0.750 bits per heavy atom. The SMILES string of the molecule is O=C(NC1CN(C(C(=O)O)c2ccc(OC(=O)c3ccccc3)cc2)C1=O)C(=NOC(=O)c1ccccc1)c1ccccc1. The molecule has 2 N–H and O–H groups in total. The van der Waals surface area contributed by atoms with Gasteiger partial charge in [-0.05, 0) is 42.0 Å². The number of carbonyl (C=O) groups is 5. The molecule has 4 aromatic carbocycles. The summed E-state index contributed by atoms with van der Waals surface area (Å²) in [5.41, 5.74) is 0.960. The van der Waals surface area contributed by atoms with Gasteiger partial charge in [-0.3, -0.25) is 9.59 Å². The summed E-state index contributed by atoms with van der Waals surface area (Å²) in [7, 11) is 0. The number of hydrogen-bond donors (Lipinski definition) is 2. The molecule has 1 fully saturated rings. The van der Waals surface area contributed by atoms with Crippen molar-refractivity contribution < 1.29 is 38.7 Å². The molecule has 4 aromatic rings. The van der Waals surface area contributed by atoms with E-state index in [4.69, 9.17) is 9.57 Å². The topological polar surface area (TPSA) is 152 Å². The number of carboxylic acid groups (broad SMARTS) is 1. The van der Waals surface area contributed by atoms with Crippen LogP contribution < -0.4 is 10.1 Å². The highest BCUT2D eigenvalue weighted by Gasteiger charge is 2.45. The van der Waals surface area contributed by atoms with E-state index in [1.165, 1.54) is 36.4 Å². The highest BCUT2D eigenvalue weighted by Crippen LogP contribution is 2.29. The zero-order valence-corrected chi connectivity index (χ0v) is 23.0. The number of nitrogens with zero attached hydrogens (tertiary/aromatic N) is 2. The van der Waals surface area contributed by atoms with E-state index >= 15 is 0 Å². The van der Waals surface area contributed by atoms with Gasteiger partial charge in [0.05, 0.1) is 17.7 Å². The van der Waals surface area contributed by atoms with E-state index in [2.05, 4.69) is 10.5 Å². The van der Waals surface area contributed by atoms with Crippen LogP contribution in [0.25, 0.3) is 0 Å². The van der Waals surface area contributed by atoms with Crippen molar-refractivity contribution in [1.29, 1.82) is 0 Å². The summed E-state index contributed by atoms with van der Waals surface area (Å²) in [6.07, 6.45) is 0. The van der Waals surface area contributed by atoms with Crippen LogP contribution in [0.15, 0.2) is 120 Å². The Bertz CT molecular complexity index is 1710. The second kappa shape index (κ2) is 13.3. The van der Waals surface area contributed by atoms with Gasteiger partial charge in [0.25, 0.3) is 5.91 Å². The highest BCUT2D eigenvalue weighted by atomic mass is 16.7. The van der Waals surface area contributed by atoms with E-state index < -0.39 is 41.8 Å². The molecule has 11 heteroatoms. The van der Waals surface area contributed by atoms with E-state index in [9.17, 15) is 29.1 Å². The smallest absolute Gasteiger partial charge is 0.365 e. The Balaban J connectivity index is 1.25. The number of aliphatic carboxylic acids is 1. The average molecular weight is 592 g/mol. The molecule has 44 heavy (non-hydrogen) atoms. The number of carbonyl (C=O) groups excluding carboxylic acids is 4. The molecule has 5 rings (SSSR count). The summed E-state index contributed by atoms with van der Waals surface area (Å²) >= 11 is 0. The molecule has 0 radical (unpaired) electrons. The van der Waals surface area contributed by atoms with Crippen molar-refractivity contribution in [3.63, 3.8) is 0 Å². The van der Waals surface area contributed by atoms with Crippen LogP contribution in [0.4, 0.5) is 0 Å². The molecule has 1 saturated heterocycles. The van der Waals surface area contributed by atoms with Gasteiger partial charge in [0.1, 0.15) is 11.8 Å². The molecule has 0 aromatic heterocycles. The fraction of sp³-hybridized carbons (Fsp3) is 0.0909. The lowest BCUT2D eigenvalue weighted by molar-refractivity contribution is -0.160. The minimum absolute atomic E-state index is 0.0991. The Morgan fingerprint density at radius 2 is 1.27 bits per heavy atom. The van der Waals surface area contributed by atoms with E-state index in [1.807, 2.05) is 0 Å². The number of β-lactam (4-membered cyclic amide) rings is 1. The third-order valence-corrected chi connectivity index (χ3v) is 6.72. The van der Waals surface area contributed by atoms with E-state index in [-0.39, 0.29) is 29.1 Å². The zero-order chi connectivity index (χ0) is 31.1. The third kappa shape index (κ3) is 6.68. The minimum Gasteiger partial charge on any atom is -0.479 e. The standard InChI is InChI=1S/C33H25N3O8/c37-29(27(21-10-4-1-5-11-21)35-44-33(42)24-14-8-3-9-15-24)34-26-20-36(30(26)38)28(31(39)40)22-16-18-25(19-17-22)43-32(41)23-12-6-2-7-13-23/h1-19,26,28H,20H2,(H,34,37)(H,39,40). The summed E-state index contributed by atoms with van der Waals surface area (Å²) in [5.74, 6) is -3.84. The minimum atomic E-state index is -1.34. The Hall–Kier alpha value is -6.10. The molecule has 2 amide bonds. The van der Waals surface area contributed by atoms with Crippen molar-refractivity contribution in [3.05, 3.63) is 138 Å². The first-order valence-corrected chi connectivity index (χ1v) is 13.4. The van der Waals surface area contributed by atoms with Gasteiger partial charge in [-0.1, -0.05) is 84.0 Å². The molecule has 0 bridgehead atoms. The maximum atomic E-state index is 13.2. The molecular formula is C33H25N3O8. The predicted octanol–water partition coefficient (Wildman–Crippen LogP) is 3.62. The van der Waals surface area contributed by atoms with Crippen LogP contribution in [0.1, 0.15) is 37.9 Å². The highest BCUT2D eigenvalue weighted by molar-refractivity contribution is 6.45. The van der Waals surface area contributed by atoms with Crippen molar-refractivity contribution >= 4 is 35.4 Å². The Kier molecular flexibility index (Phi) is 8.85. The maximum absolute atomic E-state index is 13.2. The number of likely N-dealkylation sites (tertiary alicyclic amines) is 1. The van der Waals surface area contributed by atoms with Gasteiger partial charge in [0, 0.05) is 5.56 Å². The Morgan fingerprint density at radius 3 is 1.80 bits per heavy atom. The first kappa shape index (κ1) is 29.4. The number of ether oxygens (including phenoxy) is 1. The molecule has 1 heterocycles. The molecule has 1 aliphatic heterocycles. The van der Waals surface area contributed by atoms with Crippen LogP contribution in [0, 0.1) is 0 Å². The maximum Gasteiger partial charge on any atom is 0.365 e.